The Kier molecular flexibility index (Phi) is 4.09. The van der Waals surface area contributed by atoms with Crippen LogP contribution < -0.4 is 0 Å². The molecule has 4 rings (SSSR count). The van der Waals surface area contributed by atoms with E-state index in [1.54, 1.807) is 0 Å². The molecule has 0 amide bonds. The minimum atomic E-state index is 0.190. The number of nitrogens with zero attached hydrogens (tertiary/aromatic N) is 2. The smallest absolute Gasteiger partial charge is 0.137 e. The van der Waals surface area contributed by atoms with E-state index in [4.69, 9.17) is 9.47 Å². The highest BCUT2D eigenvalue weighted by Crippen LogP contribution is 2.34. The molecule has 2 aliphatic heterocycles. The number of aromatic nitrogens is 2. The first-order valence-electron chi connectivity index (χ1n) is 8.65. The van der Waals surface area contributed by atoms with Crippen molar-refractivity contribution < 1.29 is 9.47 Å². The largest absolute Gasteiger partial charge is 0.373 e. The highest BCUT2D eigenvalue weighted by molar-refractivity contribution is 5.81. The van der Waals surface area contributed by atoms with Crippen molar-refractivity contribution in [2.75, 3.05) is 19.7 Å². The number of hydrogen-bond donors (Lipinski definition) is 1. The number of hydrogen-bond acceptors (Lipinski definition) is 4. The van der Waals surface area contributed by atoms with Crippen molar-refractivity contribution >= 4 is 11.0 Å². The fourth-order valence-electron chi connectivity index (χ4n) is 3.98. The van der Waals surface area contributed by atoms with E-state index >= 15 is 0 Å². The van der Waals surface area contributed by atoms with Crippen molar-refractivity contribution in [3.8, 4) is 0 Å². The van der Waals surface area contributed by atoms with E-state index in [1.807, 2.05) is 12.3 Å². The fourth-order valence-corrected chi connectivity index (χ4v) is 3.98. The molecule has 3 atom stereocenters. The maximum atomic E-state index is 5.94. The summed E-state index contributed by atoms with van der Waals surface area (Å²) in [5, 5.41) is 1.23. The van der Waals surface area contributed by atoms with Crippen LogP contribution in [0.3, 0.4) is 0 Å². The molecule has 0 spiro atoms. The molecule has 5 nitrogen and oxygen atoms in total. The van der Waals surface area contributed by atoms with Crippen LogP contribution in [-0.2, 0) is 16.0 Å². The van der Waals surface area contributed by atoms with Crippen LogP contribution in [0.1, 0.15) is 44.1 Å². The Labute approximate surface area is 137 Å². The average molecular weight is 315 g/mol. The lowest BCUT2D eigenvalue weighted by Crippen LogP contribution is -2.44. The predicted molar refractivity (Wildman–Crippen MR) is 89.3 cm³/mol. The molecule has 4 heterocycles. The van der Waals surface area contributed by atoms with Gasteiger partial charge in [-0.05, 0) is 44.4 Å². The summed E-state index contributed by atoms with van der Waals surface area (Å²) in [7, 11) is 0. The molecule has 0 saturated carbocycles. The summed E-state index contributed by atoms with van der Waals surface area (Å²) in [5.41, 5.74) is 3.55. The van der Waals surface area contributed by atoms with Gasteiger partial charge in [-0.25, -0.2) is 4.98 Å². The minimum absolute atomic E-state index is 0.190. The van der Waals surface area contributed by atoms with Gasteiger partial charge in [0, 0.05) is 37.8 Å². The van der Waals surface area contributed by atoms with Crippen molar-refractivity contribution in [1.82, 2.24) is 14.9 Å². The molecule has 2 aliphatic rings. The van der Waals surface area contributed by atoms with Crippen LogP contribution >= 0.6 is 0 Å². The minimum Gasteiger partial charge on any atom is -0.373 e. The zero-order chi connectivity index (χ0) is 15.8. The summed E-state index contributed by atoms with van der Waals surface area (Å²) >= 11 is 0. The number of nitrogens with one attached hydrogen (secondary N) is 1. The number of pyridine rings is 1. The Morgan fingerprint density at radius 3 is 2.87 bits per heavy atom. The Bertz CT molecular complexity index is 668. The van der Waals surface area contributed by atoms with Gasteiger partial charge in [-0.2, -0.15) is 0 Å². The Balaban J connectivity index is 1.68. The van der Waals surface area contributed by atoms with E-state index in [0.717, 1.165) is 44.7 Å². The van der Waals surface area contributed by atoms with Crippen LogP contribution in [0.5, 0.6) is 0 Å². The summed E-state index contributed by atoms with van der Waals surface area (Å²) in [5.74, 6) is 0. The monoisotopic (exact) mass is 315 g/mol. The van der Waals surface area contributed by atoms with Crippen LogP contribution in [0.4, 0.5) is 0 Å². The van der Waals surface area contributed by atoms with Gasteiger partial charge in [0.2, 0.25) is 0 Å². The molecular formula is C18H25N3O2. The first-order chi connectivity index (χ1) is 11.2. The van der Waals surface area contributed by atoms with Crippen molar-refractivity contribution in [3.05, 3.63) is 29.6 Å². The molecular weight excluding hydrogens is 290 g/mol. The van der Waals surface area contributed by atoms with Crippen LogP contribution in [0.2, 0.25) is 0 Å². The standard InChI is InChI=1S/C18H25N3O2/c1-12-9-21(10-13(2)23-12)11-15-14-5-3-7-19-18(14)20-17(15)16-6-4-8-22-16/h3,5,7,12-13,16H,4,6,8-11H2,1-2H3,(H,19,20)/t12-,13-,16+/m0/s1. The van der Waals surface area contributed by atoms with Gasteiger partial charge in [-0.15, -0.1) is 0 Å². The van der Waals surface area contributed by atoms with E-state index in [2.05, 4.69) is 34.8 Å². The van der Waals surface area contributed by atoms with E-state index in [1.165, 1.54) is 16.6 Å². The molecule has 0 aliphatic carbocycles. The number of ether oxygens (including phenoxy) is 2. The lowest BCUT2D eigenvalue weighted by Gasteiger charge is -2.35. The number of H-pyrrole nitrogens is 1. The van der Waals surface area contributed by atoms with Gasteiger partial charge in [-0.1, -0.05) is 0 Å². The van der Waals surface area contributed by atoms with Gasteiger partial charge in [-0.3, -0.25) is 4.90 Å². The molecule has 1 N–H and O–H groups in total. The van der Waals surface area contributed by atoms with Crippen molar-refractivity contribution in [2.45, 2.75) is 51.5 Å². The van der Waals surface area contributed by atoms with Gasteiger partial charge in [0.15, 0.2) is 0 Å². The predicted octanol–water partition coefficient (Wildman–Crippen LogP) is 3.02. The molecule has 124 valence electrons. The first-order valence-corrected chi connectivity index (χ1v) is 8.65. The second kappa shape index (κ2) is 6.23. The number of aromatic amines is 1. The Morgan fingerprint density at radius 2 is 2.13 bits per heavy atom. The van der Waals surface area contributed by atoms with Crippen molar-refractivity contribution in [2.24, 2.45) is 0 Å². The molecule has 5 heteroatoms. The third kappa shape index (κ3) is 3.01. The molecule has 2 aromatic heterocycles. The van der Waals surface area contributed by atoms with Gasteiger partial charge in [0.1, 0.15) is 5.65 Å². The van der Waals surface area contributed by atoms with Crippen LogP contribution in [0, 0.1) is 0 Å². The Morgan fingerprint density at radius 1 is 1.30 bits per heavy atom. The van der Waals surface area contributed by atoms with E-state index in [0.29, 0.717) is 0 Å². The van der Waals surface area contributed by atoms with E-state index in [-0.39, 0.29) is 18.3 Å². The molecule has 0 unspecified atom stereocenters. The lowest BCUT2D eigenvalue weighted by atomic mass is 10.1. The van der Waals surface area contributed by atoms with Gasteiger partial charge in [0.05, 0.1) is 24.0 Å². The summed E-state index contributed by atoms with van der Waals surface area (Å²) in [6.45, 7) is 8.04. The topological polar surface area (TPSA) is 50.4 Å². The van der Waals surface area contributed by atoms with Crippen LogP contribution in [0.25, 0.3) is 11.0 Å². The fraction of sp³-hybridized carbons (Fsp3) is 0.611. The number of morpholine rings is 1. The summed E-state index contributed by atoms with van der Waals surface area (Å²) in [6.07, 6.45) is 4.84. The van der Waals surface area contributed by atoms with Gasteiger partial charge >= 0.3 is 0 Å². The average Bonchev–Trinajstić information content (AvgIpc) is 3.14. The third-order valence-electron chi connectivity index (χ3n) is 4.84. The molecule has 2 saturated heterocycles. The molecule has 2 aromatic rings. The van der Waals surface area contributed by atoms with Crippen molar-refractivity contribution in [3.63, 3.8) is 0 Å². The van der Waals surface area contributed by atoms with Crippen LogP contribution in [-0.4, -0.2) is 46.8 Å². The summed E-state index contributed by atoms with van der Waals surface area (Å²) < 4.78 is 11.8. The lowest BCUT2D eigenvalue weighted by molar-refractivity contribution is -0.0705. The maximum Gasteiger partial charge on any atom is 0.137 e. The van der Waals surface area contributed by atoms with Gasteiger partial charge < -0.3 is 14.5 Å². The number of rotatable bonds is 3. The summed E-state index contributed by atoms with van der Waals surface area (Å²) in [4.78, 5) is 10.5. The normalized spacial score (nSPS) is 29.4. The van der Waals surface area contributed by atoms with E-state index in [9.17, 15) is 0 Å². The second-order valence-corrected chi connectivity index (χ2v) is 6.87. The quantitative estimate of drug-likeness (QED) is 0.946. The summed E-state index contributed by atoms with van der Waals surface area (Å²) in [6, 6.07) is 4.18. The number of fused-ring (bicyclic) bond motifs is 1. The molecule has 0 bridgehead atoms. The van der Waals surface area contributed by atoms with Crippen molar-refractivity contribution in [1.29, 1.82) is 0 Å². The maximum absolute atomic E-state index is 5.94. The van der Waals surface area contributed by atoms with Crippen LogP contribution in [0.15, 0.2) is 18.3 Å². The van der Waals surface area contributed by atoms with Gasteiger partial charge in [0.25, 0.3) is 0 Å². The molecule has 23 heavy (non-hydrogen) atoms. The molecule has 2 fully saturated rings. The molecule has 0 radical (unpaired) electrons. The zero-order valence-corrected chi connectivity index (χ0v) is 13.9. The third-order valence-corrected chi connectivity index (χ3v) is 4.84. The highest BCUT2D eigenvalue weighted by atomic mass is 16.5. The Hall–Kier alpha value is -1.43. The highest BCUT2D eigenvalue weighted by Gasteiger charge is 2.28. The first kappa shape index (κ1) is 15.1. The zero-order valence-electron chi connectivity index (χ0n) is 13.9. The second-order valence-electron chi connectivity index (χ2n) is 6.87. The van der Waals surface area contributed by atoms with E-state index < -0.39 is 0 Å². The molecule has 0 aromatic carbocycles. The SMILES string of the molecule is C[C@H]1CN(Cc2c([C@H]3CCCO3)[nH]c3ncccc23)C[C@H](C)O1.